The summed E-state index contributed by atoms with van der Waals surface area (Å²) in [5.41, 5.74) is 1.31. The van der Waals surface area contributed by atoms with Crippen molar-refractivity contribution in [2.45, 2.75) is 32.7 Å². The molecule has 2 aromatic rings. The van der Waals surface area contributed by atoms with Gasteiger partial charge in [0.1, 0.15) is 12.7 Å². The third-order valence-electron chi connectivity index (χ3n) is 3.36. The minimum absolute atomic E-state index is 0.300. The molecule has 1 heterocycles. The molecule has 90 valence electrons. The molecular formula is C14H19N3. The lowest BCUT2D eigenvalue weighted by Crippen LogP contribution is -2.20. The Bertz CT molecular complexity index is 418. The molecule has 2 rings (SSSR count). The van der Waals surface area contributed by atoms with Gasteiger partial charge in [0.25, 0.3) is 0 Å². The third kappa shape index (κ3) is 2.54. The first-order valence-corrected chi connectivity index (χ1v) is 6.25. The van der Waals surface area contributed by atoms with Crippen molar-refractivity contribution < 1.29 is 0 Å². The molecule has 0 radical (unpaired) electrons. The summed E-state index contributed by atoms with van der Waals surface area (Å²) >= 11 is 0. The summed E-state index contributed by atoms with van der Waals surface area (Å²) in [4.78, 5) is 4.07. The SMILES string of the molecule is CCC(CC)C(c1ccccc1)n1cncn1. The van der Waals surface area contributed by atoms with Crippen LogP contribution in [-0.2, 0) is 0 Å². The standard InChI is InChI=1S/C14H19N3/c1-3-12(4-2)14(17-11-15-10-16-17)13-8-6-5-7-9-13/h5-12,14H,3-4H2,1-2H3. The van der Waals surface area contributed by atoms with Crippen molar-refractivity contribution in [3.05, 3.63) is 48.5 Å². The predicted octanol–water partition coefficient (Wildman–Crippen LogP) is 3.30. The van der Waals surface area contributed by atoms with Crippen LogP contribution < -0.4 is 0 Å². The fraction of sp³-hybridized carbons (Fsp3) is 0.429. The van der Waals surface area contributed by atoms with E-state index in [2.05, 4.69) is 54.3 Å². The molecule has 0 saturated carbocycles. The van der Waals surface area contributed by atoms with E-state index in [0.29, 0.717) is 12.0 Å². The number of rotatable bonds is 5. The zero-order chi connectivity index (χ0) is 12.1. The molecule has 1 aromatic carbocycles. The van der Waals surface area contributed by atoms with Gasteiger partial charge in [-0.2, -0.15) is 5.10 Å². The van der Waals surface area contributed by atoms with Crippen molar-refractivity contribution in [3.8, 4) is 0 Å². The fourth-order valence-electron chi connectivity index (χ4n) is 2.39. The first-order valence-electron chi connectivity index (χ1n) is 6.25. The van der Waals surface area contributed by atoms with Crippen LogP contribution in [0.15, 0.2) is 43.0 Å². The maximum atomic E-state index is 4.32. The zero-order valence-electron chi connectivity index (χ0n) is 10.5. The Morgan fingerprint density at radius 3 is 2.35 bits per heavy atom. The molecule has 0 bridgehead atoms. The summed E-state index contributed by atoms with van der Waals surface area (Å²) in [6, 6.07) is 10.9. The Kier molecular flexibility index (Phi) is 3.91. The highest BCUT2D eigenvalue weighted by atomic mass is 15.3. The van der Waals surface area contributed by atoms with Crippen molar-refractivity contribution in [1.29, 1.82) is 0 Å². The van der Waals surface area contributed by atoms with E-state index < -0.39 is 0 Å². The molecule has 17 heavy (non-hydrogen) atoms. The Balaban J connectivity index is 2.37. The highest BCUT2D eigenvalue weighted by Crippen LogP contribution is 2.30. The number of benzene rings is 1. The van der Waals surface area contributed by atoms with Crippen molar-refractivity contribution in [1.82, 2.24) is 14.8 Å². The Morgan fingerprint density at radius 2 is 1.82 bits per heavy atom. The number of nitrogens with zero attached hydrogens (tertiary/aromatic N) is 3. The molecule has 0 aliphatic rings. The topological polar surface area (TPSA) is 30.7 Å². The average molecular weight is 229 g/mol. The van der Waals surface area contributed by atoms with Crippen LogP contribution >= 0.6 is 0 Å². The monoisotopic (exact) mass is 229 g/mol. The Hall–Kier alpha value is -1.64. The molecule has 0 aliphatic heterocycles. The maximum Gasteiger partial charge on any atom is 0.137 e. The van der Waals surface area contributed by atoms with Gasteiger partial charge in [0.2, 0.25) is 0 Å². The van der Waals surface area contributed by atoms with E-state index in [0.717, 1.165) is 12.8 Å². The largest absolute Gasteiger partial charge is 0.245 e. The molecule has 1 aromatic heterocycles. The quantitative estimate of drug-likeness (QED) is 0.787. The van der Waals surface area contributed by atoms with Crippen LogP contribution in [0.4, 0.5) is 0 Å². The lowest BCUT2D eigenvalue weighted by Gasteiger charge is -2.25. The molecule has 3 nitrogen and oxygen atoms in total. The molecule has 1 unspecified atom stereocenters. The van der Waals surface area contributed by atoms with Crippen LogP contribution in [0.25, 0.3) is 0 Å². The second-order valence-electron chi connectivity index (χ2n) is 4.31. The van der Waals surface area contributed by atoms with Gasteiger partial charge < -0.3 is 0 Å². The van der Waals surface area contributed by atoms with Crippen LogP contribution in [0.5, 0.6) is 0 Å². The highest BCUT2D eigenvalue weighted by molar-refractivity contribution is 5.20. The first-order chi connectivity index (χ1) is 8.36. The van der Waals surface area contributed by atoms with E-state index in [1.165, 1.54) is 5.56 Å². The molecule has 0 aliphatic carbocycles. The minimum Gasteiger partial charge on any atom is -0.245 e. The molecule has 0 amide bonds. The van der Waals surface area contributed by atoms with Crippen molar-refractivity contribution in [2.75, 3.05) is 0 Å². The second kappa shape index (κ2) is 5.62. The maximum absolute atomic E-state index is 4.32. The summed E-state index contributed by atoms with van der Waals surface area (Å²) in [7, 11) is 0. The van der Waals surface area contributed by atoms with E-state index in [4.69, 9.17) is 0 Å². The first kappa shape index (κ1) is 11.8. The summed E-state index contributed by atoms with van der Waals surface area (Å²) in [6.45, 7) is 4.47. The van der Waals surface area contributed by atoms with Crippen LogP contribution in [-0.4, -0.2) is 14.8 Å². The van der Waals surface area contributed by atoms with Crippen LogP contribution in [0, 0.1) is 5.92 Å². The van der Waals surface area contributed by atoms with Gasteiger partial charge in [0.05, 0.1) is 6.04 Å². The summed E-state index contributed by atoms with van der Waals surface area (Å²) in [6.07, 6.45) is 5.72. The zero-order valence-corrected chi connectivity index (χ0v) is 10.5. The lowest BCUT2D eigenvalue weighted by molar-refractivity contribution is 0.332. The van der Waals surface area contributed by atoms with Gasteiger partial charge in [-0.3, -0.25) is 0 Å². The molecule has 0 saturated heterocycles. The van der Waals surface area contributed by atoms with E-state index >= 15 is 0 Å². The highest BCUT2D eigenvalue weighted by Gasteiger charge is 2.22. The summed E-state index contributed by atoms with van der Waals surface area (Å²) in [5.74, 6) is 0.596. The number of hydrogen-bond donors (Lipinski definition) is 0. The van der Waals surface area contributed by atoms with Gasteiger partial charge in [-0.1, -0.05) is 57.0 Å². The van der Waals surface area contributed by atoms with Gasteiger partial charge in [0, 0.05) is 0 Å². The van der Waals surface area contributed by atoms with Crippen LogP contribution in [0.3, 0.4) is 0 Å². The third-order valence-corrected chi connectivity index (χ3v) is 3.36. The minimum atomic E-state index is 0.300. The Labute approximate surface area is 103 Å². The number of aromatic nitrogens is 3. The average Bonchev–Trinajstić information content (AvgIpc) is 2.90. The second-order valence-corrected chi connectivity index (χ2v) is 4.31. The van der Waals surface area contributed by atoms with E-state index in [1.807, 2.05) is 11.0 Å². The molecular weight excluding hydrogens is 210 g/mol. The molecule has 0 N–H and O–H groups in total. The fourth-order valence-corrected chi connectivity index (χ4v) is 2.39. The van der Waals surface area contributed by atoms with Crippen molar-refractivity contribution in [3.63, 3.8) is 0 Å². The molecule has 1 atom stereocenters. The van der Waals surface area contributed by atoms with Gasteiger partial charge in [-0.25, -0.2) is 9.67 Å². The molecule has 3 heteroatoms. The summed E-state index contributed by atoms with van der Waals surface area (Å²) in [5, 5.41) is 4.32. The van der Waals surface area contributed by atoms with Crippen molar-refractivity contribution >= 4 is 0 Å². The van der Waals surface area contributed by atoms with Gasteiger partial charge >= 0.3 is 0 Å². The van der Waals surface area contributed by atoms with E-state index in [-0.39, 0.29) is 0 Å². The van der Waals surface area contributed by atoms with Crippen molar-refractivity contribution in [2.24, 2.45) is 5.92 Å². The molecule has 0 fully saturated rings. The van der Waals surface area contributed by atoms with Crippen LogP contribution in [0.1, 0.15) is 38.3 Å². The van der Waals surface area contributed by atoms with Gasteiger partial charge in [-0.15, -0.1) is 0 Å². The van der Waals surface area contributed by atoms with Crippen LogP contribution in [0.2, 0.25) is 0 Å². The predicted molar refractivity (Wildman–Crippen MR) is 68.7 cm³/mol. The number of hydrogen-bond acceptors (Lipinski definition) is 2. The smallest absolute Gasteiger partial charge is 0.137 e. The summed E-state index contributed by atoms with van der Waals surface area (Å²) < 4.78 is 1.98. The lowest BCUT2D eigenvalue weighted by atomic mass is 9.89. The van der Waals surface area contributed by atoms with Gasteiger partial charge in [-0.05, 0) is 11.5 Å². The molecule has 0 spiro atoms. The van der Waals surface area contributed by atoms with Gasteiger partial charge in [0.15, 0.2) is 0 Å². The normalized spacial score (nSPS) is 12.9. The van der Waals surface area contributed by atoms with E-state index in [1.54, 1.807) is 6.33 Å². The Morgan fingerprint density at radius 1 is 1.12 bits per heavy atom. The van der Waals surface area contributed by atoms with E-state index in [9.17, 15) is 0 Å².